The van der Waals surface area contributed by atoms with E-state index in [0.717, 1.165) is 18.1 Å². The SMILES string of the molecule is O=C1NC(=O)c2cc(NC(=O)C3CSCCN3)ccc21. The fourth-order valence-electron chi connectivity index (χ4n) is 2.21. The summed E-state index contributed by atoms with van der Waals surface area (Å²) >= 11 is 1.73. The number of imide groups is 1. The molecule has 2 aliphatic heterocycles. The van der Waals surface area contributed by atoms with E-state index in [9.17, 15) is 14.4 Å². The van der Waals surface area contributed by atoms with E-state index >= 15 is 0 Å². The van der Waals surface area contributed by atoms with Crippen LogP contribution in [0.25, 0.3) is 0 Å². The van der Waals surface area contributed by atoms with Crippen LogP contribution in [0.15, 0.2) is 18.2 Å². The Morgan fingerprint density at radius 2 is 2.05 bits per heavy atom. The number of hydrogen-bond acceptors (Lipinski definition) is 5. The normalized spacial score (nSPS) is 21.3. The summed E-state index contributed by atoms with van der Waals surface area (Å²) in [6.07, 6.45) is 0. The molecule has 7 heteroatoms. The van der Waals surface area contributed by atoms with Crippen LogP contribution in [-0.4, -0.2) is 41.8 Å². The lowest BCUT2D eigenvalue weighted by atomic mass is 10.1. The number of benzene rings is 1. The van der Waals surface area contributed by atoms with Gasteiger partial charge in [-0.15, -0.1) is 0 Å². The Kier molecular flexibility index (Phi) is 3.45. The van der Waals surface area contributed by atoms with Crippen LogP contribution >= 0.6 is 11.8 Å². The first-order valence-electron chi connectivity index (χ1n) is 6.27. The molecule has 0 aliphatic carbocycles. The van der Waals surface area contributed by atoms with Crippen molar-refractivity contribution in [1.29, 1.82) is 0 Å². The Labute approximate surface area is 119 Å². The van der Waals surface area contributed by atoms with Crippen molar-refractivity contribution in [1.82, 2.24) is 10.6 Å². The van der Waals surface area contributed by atoms with Gasteiger partial charge in [0.05, 0.1) is 17.2 Å². The Morgan fingerprint density at radius 3 is 2.80 bits per heavy atom. The summed E-state index contributed by atoms with van der Waals surface area (Å²) < 4.78 is 0. The molecule has 3 amide bonds. The summed E-state index contributed by atoms with van der Waals surface area (Å²) in [7, 11) is 0. The number of anilines is 1. The second kappa shape index (κ2) is 5.26. The predicted molar refractivity (Wildman–Crippen MR) is 76.0 cm³/mol. The van der Waals surface area contributed by atoms with Crippen LogP contribution in [0.4, 0.5) is 5.69 Å². The molecular formula is C13H13N3O3S. The molecule has 0 aromatic heterocycles. The molecule has 0 bridgehead atoms. The number of carbonyl (C=O) groups is 3. The lowest BCUT2D eigenvalue weighted by molar-refractivity contribution is -0.117. The van der Waals surface area contributed by atoms with Crippen molar-refractivity contribution < 1.29 is 14.4 Å². The van der Waals surface area contributed by atoms with Crippen molar-refractivity contribution in [3.63, 3.8) is 0 Å². The molecule has 2 heterocycles. The molecule has 1 saturated heterocycles. The third-order valence-electron chi connectivity index (χ3n) is 3.24. The van der Waals surface area contributed by atoms with Gasteiger partial charge in [-0.05, 0) is 18.2 Å². The number of nitrogens with one attached hydrogen (secondary N) is 3. The minimum Gasteiger partial charge on any atom is -0.325 e. The summed E-state index contributed by atoms with van der Waals surface area (Å²) in [5.41, 5.74) is 1.18. The van der Waals surface area contributed by atoms with Gasteiger partial charge in [-0.3, -0.25) is 19.7 Å². The smallest absolute Gasteiger partial charge is 0.259 e. The summed E-state index contributed by atoms with van der Waals surface area (Å²) in [5, 5.41) is 8.13. The minimum absolute atomic E-state index is 0.123. The molecule has 1 atom stereocenters. The second-order valence-corrected chi connectivity index (χ2v) is 5.76. The van der Waals surface area contributed by atoms with E-state index in [-0.39, 0.29) is 11.9 Å². The van der Waals surface area contributed by atoms with E-state index in [2.05, 4.69) is 16.0 Å². The van der Waals surface area contributed by atoms with Gasteiger partial charge in [0, 0.05) is 23.7 Å². The van der Waals surface area contributed by atoms with Gasteiger partial charge < -0.3 is 10.6 Å². The number of amides is 3. The quantitative estimate of drug-likeness (QED) is 0.678. The van der Waals surface area contributed by atoms with Gasteiger partial charge in [0.1, 0.15) is 0 Å². The minimum atomic E-state index is -0.424. The maximum atomic E-state index is 12.1. The van der Waals surface area contributed by atoms with Crippen molar-refractivity contribution in [2.45, 2.75) is 6.04 Å². The molecule has 1 aromatic carbocycles. The number of thioether (sulfide) groups is 1. The van der Waals surface area contributed by atoms with Crippen LogP contribution in [0.2, 0.25) is 0 Å². The highest BCUT2D eigenvalue weighted by atomic mass is 32.2. The molecule has 0 radical (unpaired) electrons. The summed E-state index contributed by atoms with van der Waals surface area (Å²) in [5.74, 6) is 0.795. The molecule has 0 saturated carbocycles. The largest absolute Gasteiger partial charge is 0.325 e. The Balaban J connectivity index is 1.75. The standard InChI is InChI=1S/C13H13N3O3S/c17-11-8-2-1-7(5-9(8)12(18)16-11)15-13(19)10-6-20-4-3-14-10/h1-2,5,10,14H,3-4,6H2,(H,15,19)(H,16,17,18). The Morgan fingerprint density at radius 1 is 1.25 bits per heavy atom. The predicted octanol–water partition coefficient (Wildman–Crippen LogP) is 0.214. The van der Waals surface area contributed by atoms with E-state index in [0.29, 0.717) is 16.8 Å². The molecule has 3 rings (SSSR count). The molecule has 20 heavy (non-hydrogen) atoms. The van der Waals surface area contributed by atoms with Crippen LogP contribution in [0, 0.1) is 0 Å². The molecule has 3 N–H and O–H groups in total. The Bertz CT molecular complexity index is 597. The zero-order chi connectivity index (χ0) is 14.1. The lowest BCUT2D eigenvalue weighted by Gasteiger charge is -2.22. The first-order valence-corrected chi connectivity index (χ1v) is 7.42. The summed E-state index contributed by atoms with van der Waals surface area (Å²) in [4.78, 5) is 35.0. The fraction of sp³-hybridized carbons (Fsp3) is 0.308. The molecular weight excluding hydrogens is 278 g/mol. The van der Waals surface area contributed by atoms with Crippen molar-refractivity contribution in [3.05, 3.63) is 29.3 Å². The topological polar surface area (TPSA) is 87.3 Å². The number of fused-ring (bicyclic) bond motifs is 1. The molecule has 0 spiro atoms. The highest BCUT2D eigenvalue weighted by molar-refractivity contribution is 7.99. The summed E-state index contributed by atoms with van der Waals surface area (Å²) in [6, 6.07) is 4.49. The zero-order valence-electron chi connectivity index (χ0n) is 10.6. The van der Waals surface area contributed by atoms with E-state index in [1.807, 2.05) is 0 Å². The third-order valence-corrected chi connectivity index (χ3v) is 4.30. The zero-order valence-corrected chi connectivity index (χ0v) is 11.4. The number of rotatable bonds is 2. The monoisotopic (exact) mass is 291 g/mol. The van der Waals surface area contributed by atoms with Crippen LogP contribution in [0.1, 0.15) is 20.7 Å². The van der Waals surface area contributed by atoms with E-state index < -0.39 is 11.8 Å². The van der Waals surface area contributed by atoms with Gasteiger partial charge >= 0.3 is 0 Å². The molecule has 1 aromatic rings. The van der Waals surface area contributed by atoms with Gasteiger partial charge in [0.15, 0.2) is 0 Å². The van der Waals surface area contributed by atoms with Crippen LogP contribution in [0.5, 0.6) is 0 Å². The molecule has 104 valence electrons. The highest BCUT2D eigenvalue weighted by Crippen LogP contribution is 2.20. The van der Waals surface area contributed by atoms with Crippen molar-refractivity contribution in [2.24, 2.45) is 0 Å². The van der Waals surface area contributed by atoms with Gasteiger partial charge in [-0.25, -0.2) is 0 Å². The first-order chi connectivity index (χ1) is 9.65. The van der Waals surface area contributed by atoms with Crippen molar-refractivity contribution >= 4 is 35.2 Å². The van der Waals surface area contributed by atoms with E-state index in [1.165, 1.54) is 6.07 Å². The molecule has 2 aliphatic rings. The Hall–Kier alpha value is -1.86. The number of carbonyl (C=O) groups excluding carboxylic acids is 3. The van der Waals surface area contributed by atoms with Gasteiger partial charge in [0.25, 0.3) is 11.8 Å². The van der Waals surface area contributed by atoms with Crippen LogP contribution in [-0.2, 0) is 4.79 Å². The average molecular weight is 291 g/mol. The van der Waals surface area contributed by atoms with Crippen molar-refractivity contribution in [3.8, 4) is 0 Å². The van der Waals surface area contributed by atoms with Gasteiger partial charge in [0.2, 0.25) is 5.91 Å². The lowest BCUT2D eigenvalue weighted by Crippen LogP contribution is -2.46. The average Bonchev–Trinajstić information content (AvgIpc) is 2.75. The van der Waals surface area contributed by atoms with E-state index in [1.54, 1.807) is 23.9 Å². The number of hydrogen-bond donors (Lipinski definition) is 3. The van der Waals surface area contributed by atoms with Crippen molar-refractivity contribution in [2.75, 3.05) is 23.4 Å². The molecule has 6 nitrogen and oxygen atoms in total. The molecule has 1 fully saturated rings. The first kappa shape index (κ1) is 13.1. The van der Waals surface area contributed by atoms with Gasteiger partial charge in [-0.2, -0.15) is 11.8 Å². The maximum absolute atomic E-state index is 12.1. The van der Waals surface area contributed by atoms with Crippen LogP contribution in [0.3, 0.4) is 0 Å². The van der Waals surface area contributed by atoms with E-state index in [4.69, 9.17) is 0 Å². The maximum Gasteiger partial charge on any atom is 0.259 e. The third kappa shape index (κ3) is 2.41. The van der Waals surface area contributed by atoms with Crippen LogP contribution < -0.4 is 16.0 Å². The fourth-order valence-corrected chi connectivity index (χ4v) is 3.14. The summed E-state index contributed by atoms with van der Waals surface area (Å²) in [6.45, 7) is 0.809. The highest BCUT2D eigenvalue weighted by Gasteiger charge is 2.27. The molecule has 1 unspecified atom stereocenters. The second-order valence-electron chi connectivity index (χ2n) is 4.61. The van der Waals surface area contributed by atoms with Gasteiger partial charge in [-0.1, -0.05) is 0 Å².